The predicted octanol–water partition coefficient (Wildman–Crippen LogP) is 1.17. The fourth-order valence-corrected chi connectivity index (χ4v) is 1.29. The van der Waals surface area contributed by atoms with Gasteiger partial charge in [-0.3, -0.25) is 4.79 Å². The normalized spacial score (nSPS) is 22.9. The number of nitrogens with zero attached hydrogens (tertiary/aromatic N) is 1. The van der Waals surface area contributed by atoms with Crippen LogP contribution >= 0.6 is 0 Å². The van der Waals surface area contributed by atoms with Crippen molar-refractivity contribution < 1.29 is 9.90 Å². The molecule has 0 heterocycles. The molecular weight excluding hydrogens is 146 g/mol. The molecule has 4 heteroatoms. The highest BCUT2D eigenvalue weighted by molar-refractivity contribution is 5.74. The fourth-order valence-electron chi connectivity index (χ4n) is 1.29. The molecule has 0 aliphatic heterocycles. The first-order valence-corrected chi connectivity index (χ1v) is 3.46. The Morgan fingerprint density at radius 3 is 3.09 bits per heavy atom. The van der Waals surface area contributed by atoms with Crippen LogP contribution in [-0.2, 0) is 4.79 Å². The van der Waals surface area contributed by atoms with E-state index in [4.69, 9.17) is 5.11 Å². The minimum atomic E-state index is -0.850. The van der Waals surface area contributed by atoms with Gasteiger partial charge in [0.15, 0.2) is 0 Å². The van der Waals surface area contributed by atoms with Crippen molar-refractivity contribution >= 4 is 5.97 Å². The molecule has 1 atom stereocenters. The van der Waals surface area contributed by atoms with Crippen molar-refractivity contribution in [3.8, 4) is 0 Å². The lowest BCUT2D eigenvalue weighted by Crippen LogP contribution is -2.13. The molecule has 4 nitrogen and oxygen atoms in total. The third-order valence-electron chi connectivity index (χ3n) is 1.85. The lowest BCUT2D eigenvalue weighted by Gasteiger charge is -2.04. The van der Waals surface area contributed by atoms with Gasteiger partial charge in [-0.15, -0.1) is 0 Å². The molecule has 0 saturated carbocycles. The van der Waals surface area contributed by atoms with Crippen LogP contribution in [0.5, 0.6) is 0 Å². The molecule has 0 fully saturated rings. The Balaban J connectivity index is 2.62. The number of aliphatic carboxylic acids is 1. The van der Waals surface area contributed by atoms with Crippen LogP contribution in [0.4, 0.5) is 0 Å². The number of carboxylic acids is 1. The molecule has 0 unspecified atom stereocenters. The van der Waals surface area contributed by atoms with Crippen LogP contribution in [0.2, 0.25) is 0 Å². The molecule has 0 saturated heterocycles. The van der Waals surface area contributed by atoms with E-state index in [1.54, 1.807) is 6.08 Å². The molecule has 0 radical (unpaired) electrons. The zero-order valence-electron chi connectivity index (χ0n) is 5.99. The van der Waals surface area contributed by atoms with Gasteiger partial charge in [0, 0.05) is 0 Å². The van der Waals surface area contributed by atoms with Gasteiger partial charge in [-0.05, 0) is 18.4 Å². The van der Waals surface area contributed by atoms with Gasteiger partial charge in [0.25, 0.3) is 0 Å². The van der Waals surface area contributed by atoms with E-state index in [1.807, 2.05) is 0 Å². The van der Waals surface area contributed by atoms with Gasteiger partial charge in [0.2, 0.25) is 0 Å². The summed E-state index contributed by atoms with van der Waals surface area (Å²) in [5.41, 5.74) is 0.660. The quantitative estimate of drug-likeness (QED) is 0.491. The van der Waals surface area contributed by atoms with Crippen LogP contribution in [0.15, 0.2) is 16.8 Å². The number of hydrogen-bond donors (Lipinski definition) is 1. The van der Waals surface area contributed by atoms with Crippen molar-refractivity contribution in [1.82, 2.24) is 0 Å². The Bertz CT molecular complexity index is 210. The van der Waals surface area contributed by atoms with Crippen molar-refractivity contribution in [2.45, 2.75) is 12.8 Å². The second-order valence-electron chi connectivity index (χ2n) is 2.53. The number of nitroso groups, excluding NO2 is 1. The Kier molecular flexibility index (Phi) is 2.36. The summed E-state index contributed by atoms with van der Waals surface area (Å²) in [5.74, 6) is -1.31. The number of hydrogen-bond acceptors (Lipinski definition) is 3. The Labute approximate surface area is 63.9 Å². The maximum absolute atomic E-state index is 10.5. The smallest absolute Gasteiger partial charge is 0.310 e. The van der Waals surface area contributed by atoms with E-state index in [0.29, 0.717) is 12.0 Å². The Morgan fingerprint density at radius 2 is 2.55 bits per heavy atom. The zero-order chi connectivity index (χ0) is 8.27. The third-order valence-corrected chi connectivity index (χ3v) is 1.85. The summed E-state index contributed by atoms with van der Waals surface area (Å²) < 4.78 is 0. The highest BCUT2D eigenvalue weighted by Gasteiger charge is 2.25. The molecule has 0 bridgehead atoms. The van der Waals surface area contributed by atoms with Crippen LogP contribution < -0.4 is 0 Å². The minimum absolute atomic E-state index is 0.0248. The summed E-state index contributed by atoms with van der Waals surface area (Å²) in [4.78, 5) is 20.3. The van der Waals surface area contributed by atoms with Crippen LogP contribution in [0.1, 0.15) is 12.8 Å². The van der Waals surface area contributed by atoms with Crippen LogP contribution in [0.25, 0.3) is 0 Å². The SMILES string of the molecule is O=NCC1=CCC[C@H]1C(=O)O. The van der Waals surface area contributed by atoms with E-state index in [9.17, 15) is 9.70 Å². The first-order valence-electron chi connectivity index (χ1n) is 3.46. The minimum Gasteiger partial charge on any atom is -0.481 e. The maximum atomic E-state index is 10.5. The second kappa shape index (κ2) is 3.27. The van der Waals surface area contributed by atoms with Gasteiger partial charge in [0.05, 0.1) is 5.92 Å². The molecule has 60 valence electrons. The number of rotatable bonds is 3. The van der Waals surface area contributed by atoms with Crippen LogP contribution in [0.3, 0.4) is 0 Å². The molecule has 11 heavy (non-hydrogen) atoms. The standard InChI is InChI=1S/C7H9NO3/c9-7(10)6-3-1-2-5(6)4-8-11/h2,6H,1,3-4H2,(H,9,10)/t6-/m1/s1. The van der Waals surface area contributed by atoms with Gasteiger partial charge in [-0.2, -0.15) is 4.91 Å². The molecule has 0 aromatic carbocycles. The molecule has 0 spiro atoms. The highest BCUT2D eigenvalue weighted by Crippen LogP contribution is 2.25. The third kappa shape index (κ3) is 1.63. The Hall–Kier alpha value is -1.19. The molecule has 1 rings (SSSR count). The summed E-state index contributed by atoms with van der Waals surface area (Å²) in [6.45, 7) is 0.0248. The van der Waals surface area contributed by atoms with Crippen molar-refractivity contribution in [3.63, 3.8) is 0 Å². The monoisotopic (exact) mass is 155 g/mol. The van der Waals surface area contributed by atoms with Crippen LogP contribution in [-0.4, -0.2) is 17.6 Å². The van der Waals surface area contributed by atoms with E-state index in [-0.39, 0.29) is 6.54 Å². The van der Waals surface area contributed by atoms with Gasteiger partial charge in [0.1, 0.15) is 6.54 Å². The molecule has 1 aliphatic rings. The largest absolute Gasteiger partial charge is 0.481 e. The zero-order valence-corrected chi connectivity index (χ0v) is 5.99. The second-order valence-corrected chi connectivity index (χ2v) is 2.53. The summed E-state index contributed by atoms with van der Waals surface area (Å²) in [5, 5.41) is 11.3. The van der Waals surface area contributed by atoms with E-state index in [2.05, 4.69) is 5.18 Å². The maximum Gasteiger partial charge on any atom is 0.310 e. The molecule has 1 N–H and O–H groups in total. The predicted molar refractivity (Wildman–Crippen MR) is 39.1 cm³/mol. The molecule has 0 aromatic heterocycles. The first-order chi connectivity index (χ1) is 5.25. The van der Waals surface area contributed by atoms with Crippen molar-refractivity contribution in [1.29, 1.82) is 0 Å². The summed E-state index contributed by atoms with van der Waals surface area (Å²) >= 11 is 0. The van der Waals surface area contributed by atoms with Gasteiger partial charge in [-0.1, -0.05) is 11.3 Å². The van der Waals surface area contributed by atoms with E-state index in [1.165, 1.54) is 0 Å². The lowest BCUT2D eigenvalue weighted by atomic mass is 10.0. The van der Waals surface area contributed by atoms with Crippen molar-refractivity contribution in [2.24, 2.45) is 11.1 Å². The highest BCUT2D eigenvalue weighted by atomic mass is 16.4. The molecule has 0 aromatic rings. The van der Waals surface area contributed by atoms with Crippen molar-refractivity contribution in [2.75, 3.05) is 6.54 Å². The molecular formula is C7H9NO3. The lowest BCUT2D eigenvalue weighted by molar-refractivity contribution is -0.140. The Morgan fingerprint density at radius 1 is 1.82 bits per heavy atom. The first kappa shape index (κ1) is 7.91. The average molecular weight is 155 g/mol. The molecule has 0 amide bonds. The number of allylic oxidation sites excluding steroid dienone is 1. The number of carbonyl (C=O) groups is 1. The summed E-state index contributed by atoms with van der Waals surface area (Å²) in [7, 11) is 0. The fraction of sp³-hybridized carbons (Fsp3) is 0.571. The van der Waals surface area contributed by atoms with Crippen molar-refractivity contribution in [3.05, 3.63) is 16.6 Å². The average Bonchev–Trinajstić information content (AvgIpc) is 2.36. The molecule has 1 aliphatic carbocycles. The van der Waals surface area contributed by atoms with E-state index >= 15 is 0 Å². The summed E-state index contributed by atoms with van der Waals surface area (Å²) in [6, 6.07) is 0. The van der Waals surface area contributed by atoms with E-state index < -0.39 is 11.9 Å². The number of carboxylic acid groups (broad SMARTS) is 1. The van der Waals surface area contributed by atoms with Gasteiger partial charge in [-0.25, -0.2) is 0 Å². The topological polar surface area (TPSA) is 66.7 Å². The van der Waals surface area contributed by atoms with Gasteiger partial charge < -0.3 is 5.11 Å². The van der Waals surface area contributed by atoms with E-state index in [0.717, 1.165) is 6.42 Å². The van der Waals surface area contributed by atoms with Crippen LogP contribution in [0, 0.1) is 10.8 Å². The van der Waals surface area contributed by atoms with Gasteiger partial charge >= 0.3 is 5.97 Å². The summed E-state index contributed by atoms with van der Waals surface area (Å²) in [6.07, 6.45) is 3.15.